The molecule has 1 atom stereocenters. The minimum atomic E-state index is -0.0124. The molecule has 1 amide bonds. The summed E-state index contributed by atoms with van der Waals surface area (Å²) in [6, 6.07) is 0.238. The third-order valence-corrected chi connectivity index (χ3v) is 3.00. The van der Waals surface area contributed by atoms with Crippen LogP contribution in [0.3, 0.4) is 0 Å². The van der Waals surface area contributed by atoms with E-state index in [-0.39, 0.29) is 22.9 Å². The van der Waals surface area contributed by atoms with Gasteiger partial charge in [0.1, 0.15) is 0 Å². The van der Waals surface area contributed by atoms with E-state index in [0.717, 1.165) is 0 Å². The van der Waals surface area contributed by atoms with E-state index in [1.807, 2.05) is 11.9 Å². The van der Waals surface area contributed by atoms with Crippen molar-refractivity contribution in [3.63, 3.8) is 0 Å². The van der Waals surface area contributed by atoms with Gasteiger partial charge in [0.25, 0.3) is 0 Å². The van der Waals surface area contributed by atoms with Gasteiger partial charge in [0.05, 0.1) is 6.54 Å². The third-order valence-electron chi connectivity index (χ3n) is 3.00. The van der Waals surface area contributed by atoms with Crippen LogP contribution in [0.4, 0.5) is 0 Å². The van der Waals surface area contributed by atoms with Crippen molar-refractivity contribution in [3.05, 3.63) is 0 Å². The van der Waals surface area contributed by atoms with Crippen LogP contribution in [0.15, 0.2) is 0 Å². The molecule has 0 saturated heterocycles. The van der Waals surface area contributed by atoms with Crippen molar-refractivity contribution in [1.82, 2.24) is 10.2 Å². The first kappa shape index (κ1) is 15.4. The van der Waals surface area contributed by atoms with E-state index in [4.69, 9.17) is 0 Å². The molecule has 16 heavy (non-hydrogen) atoms. The third kappa shape index (κ3) is 5.50. The zero-order chi connectivity index (χ0) is 13.1. The molecule has 0 spiro atoms. The van der Waals surface area contributed by atoms with Crippen molar-refractivity contribution in [2.24, 2.45) is 5.41 Å². The molecule has 0 bridgehead atoms. The first-order chi connectivity index (χ1) is 6.95. The zero-order valence-corrected chi connectivity index (χ0v) is 12.1. The van der Waals surface area contributed by atoms with Crippen LogP contribution in [0, 0.1) is 5.41 Å². The van der Waals surface area contributed by atoms with Gasteiger partial charge >= 0.3 is 0 Å². The van der Waals surface area contributed by atoms with Crippen LogP contribution < -0.4 is 5.32 Å². The lowest BCUT2D eigenvalue weighted by Crippen LogP contribution is -2.49. The van der Waals surface area contributed by atoms with E-state index in [1.165, 1.54) is 0 Å². The summed E-state index contributed by atoms with van der Waals surface area (Å²) in [5.41, 5.74) is 0.105. The lowest BCUT2D eigenvalue weighted by atomic mass is 9.87. The van der Waals surface area contributed by atoms with Crippen molar-refractivity contribution >= 4 is 5.91 Å². The van der Waals surface area contributed by atoms with E-state index in [9.17, 15) is 4.79 Å². The van der Waals surface area contributed by atoms with Gasteiger partial charge in [-0.2, -0.15) is 0 Å². The number of amides is 1. The Morgan fingerprint density at radius 3 is 1.94 bits per heavy atom. The van der Waals surface area contributed by atoms with Crippen LogP contribution in [0.5, 0.6) is 0 Å². The van der Waals surface area contributed by atoms with Crippen molar-refractivity contribution < 1.29 is 4.79 Å². The quantitative estimate of drug-likeness (QED) is 0.803. The first-order valence-corrected chi connectivity index (χ1v) is 5.96. The summed E-state index contributed by atoms with van der Waals surface area (Å²) in [6.07, 6.45) is 0. The maximum atomic E-state index is 11.9. The molecule has 0 radical (unpaired) electrons. The summed E-state index contributed by atoms with van der Waals surface area (Å²) in [5, 5.41) is 3.22. The van der Waals surface area contributed by atoms with Crippen LogP contribution in [0.1, 0.15) is 48.5 Å². The Hall–Kier alpha value is -0.570. The van der Waals surface area contributed by atoms with Crippen LogP contribution in [0.2, 0.25) is 0 Å². The molecule has 0 rings (SSSR count). The Balaban J connectivity index is 4.30. The Labute approximate surface area is 101 Å². The molecule has 0 aromatic carbocycles. The first-order valence-electron chi connectivity index (χ1n) is 5.96. The minimum Gasteiger partial charge on any atom is -0.341 e. The van der Waals surface area contributed by atoms with Gasteiger partial charge in [0.2, 0.25) is 5.91 Å². The lowest BCUT2D eigenvalue weighted by Gasteiger charge is -2.36. The van der Waals surface area contributed by atoms with Crippen LogP contribution >= 0.6 is 0 Å². The Bertz CT molecular complexity index is 235. The zero-order valence-electron chi connectivity index (χ0n) is 12.1. The summed E-state index contributed by atoms with van der Waals surface area (Å²) < 4.78 is 0. The smallest absolute Gasteiger partial charge is 0.236 e. The molecule has 0 fully saturated rings. The van der Waals surface area contributed by atoms with Crippen molar-refractivity contribution in [2.45, 2.75) is 60.0 Å². The summed E-state index contributed by atoms with van der Waals surface area (Å²) in [4.78, 5) is 13.8. The number of rotatable bonds is 3. The SMILES string of the molecule is CC(N(C)C(=O)CNC(C)(C)C)C(C)(C)C. The highest BCUT2D eigenvalue weighted by Gasteiger charge is 2.27. The Morgan fingerprint density at radius 1 is 1.19 bits per heavy atom. The highest BCUT2D eigenvalue weighted by molar-refractivity contribution is 5.78. The molecule has 0 aliphatic rings. The summed E-state index contributed by atoms with van der Waals surface area (Å²) in [5.74, 6) is 0.150. The molecule has 0 aliphatic heterocycles. The Morgan fingerprint density at radius 2 is 1.62 bits per heavy atom. The maximum Gasteiger partial charge on any atom is 0.236 e. The molecule has 1 N–H and O–H groups in total. The van der Waals surface area contributed by atoms with Crippen molar-refractivity contribution in [1.29, 1.82) is 0 Å². The predicted molar refractivity (Wildman–Crippen MR) is 69.4 cm³/mol. The number of nitrogens with one attached hydrogen (secondary N) is 1. The second-order valence-corrected chi connectivity index (χ2v) is 6.65. The molecule has 0 aromatic rings. The number of carbonyl (C=O) groups is 1. The fourth-order valence-electron chi connectivity index (χ4n) is 1.26. The molecule has 0 aromatic heterocycles. The van der Waals surface area contributed by atoms with E-state index in [0.29, 0.717) is 6.54 Å². The van der Waals surface area contributed by atoms with Crippen LogP contribution in [-0.4, -0.2) is 36.0 Å². The van der Waals surface area contributed by atoms with E-state index >= 15 is 0 Å². The second-order valence-electron chi connectivity index (χ2n) is 6.65. The van der Waals surface area contributed by atoms with Gasteiger partial charge in [-0.05, 0) is 33.1 Å². The monoisotopic (exact) mass is 228 g/mol. The number of likely N-dealkylation sites (N-methyl/N-ethyl adjacent to an activating group) is 1. The molecule has 0 heterocycles. The summed E-state index contributed by atoms with van der Waals surface area (Å²) in [6.45, 7) is 15.1. The highest BCUT2D eigenvalue weighted by atomic mass is 16.2. The number of hydrogen-bond donors (Lipinski definition) is 1. The molecule has 96 valence electrons. The fraction of sp³-hybridized carbons (Fsp3) is 0.923. The van der Waals surface area contributed by atoms with Gasteiger partial charge in [-0.1, -0.05) is 20.8 Å². The average Bonchev–Trinajstić information content (AvgIpc) is 2.09. The van der Waals surface area contributed by atoms with Gasteiger partial charge in [0, 0.05) is 18.6 Å². The normalized spacial score (nSPS) is 14.8. The summed E-state index contributed by atoms with van der Waals surface area (Å²) in [7, 11) is 1.88. The standard InChI is InChI=1S/C13H28N2O/c1-10(12(2,3)4)15(8)11(16)9-14-13(5,6)7/h10,14H,9H2,1-8H3. The van der Waals surface area contributed by atoms with Gasteiger partial charge in [-0.15, -0.1) is 0 Å². The highest BCUT2D eigenvalue weighted by Crippen LogP contribution is 2.22. The van der Waals surface area contributed by atoms with Crippen molar-refractivity contribution in [2.75, 3.05) is 13.6 Å². The van der Waals surface area contributed by atoms with Gasteiger partial charge in [0.15, 0.2) is 0 Å². The lowest BCUT2D eigenvalue weighted by molar-refractivity contribution is -0.133. The largest absolute Gasteiger partial charge is 0.341 e. The molecular formula is C13H28N2O. The van der Waals surface area contributed by atoms with E-state index in [2.05, 4.69) is 53.8 Å². The molecule has 0 saturated carbocycles. The van der Waals surface area contributed by atoms with E-state index in [1.54, 1.807) is 0 Å². The topological polar surface area (TPSA) is 32.3 Å². The minimum absolute atomic E-state index is 0.0124. The second kappa shape index (κ2) is 5.17. The van der Waals surface area contributed by atoms with Crippen molar-refractivity contribution in [3.8, 4) is 0 Å². The van der Waals surface area contributed by atoms with Crippen LogP contribution in [-0.2, 0) is 4.79 Å². The number of hydrogen-bond acceptors (Lipinski definition) is 2. The predicted octanol–water partition coefficient (Wildman–Crippen LogP) is 2.27. The van der Waals surface area contributed by atoms with Crippen LogP contribution in [0.25, 0.3) is 0 Å². The van der Waals surface area contributed by atoms with Gasteiger partial charge in [-0.25, -0.2) is 0 Å². The molecular weight excluding hydrogens is 200 g/mol. The molecule has 3 nitrogen and oxygen atoms in total. The van der Waals surface area contributed by atoms with Gasteiger partial charge in [-0.3, -0.25) is 4.79 Å². The average molecular weight is 228 g/mol. The molecule has 0 aliphatic carbocycles. The summed E-state index contributed by atoms with van der Waals surface area (Å²) >= 11 is 0. The van der Waals surface area contributed by atoms with E-state index < -0.39 is 0 Å². The Kier molecular flexibility index (Phi) is 4.99. The molecule has 1 unspecified atom stereocenters. The maximum absolute atomic E-state index is 11.9. The number of carbonyl (C=O) groups excluding carboxylic acids is 1. The molecule has 3 heteroatoms. The van der Waals surface area contributed by atoms with Gasteiger partial charge < -0.3 is 10.2 Å². The fourth-order valence-corrected chi connectivity index (χ4v) is 1.26. The number of nitrogens with zero attached hydrogens (tertiary/aromatic N) is 1.